The average molecular weight is 329 g/mol. The van der Waals surface area contributed by atoms with Crippen LogP contribution in [-0.2, 0) is 6.54 Å². The van der Waals surface area contributed by atoms with Crippen LogP contribution in [0.25, 0.3) is 0 Å². The molecule has 3 heterocycles. The molecule has 128 valence electrons. The van der Waals surface area contributed by atoms with E-state index in [-0.39, 0.29) is 0 Å². The number of nitrogen functional groups attached to an aromatic ring is 1. The van der Waals surface area contributed by atoms with Gasteiger partial charge in [-0.05, 0) is 25.0 Å². The van der Waals surface area contributed by atoms with Crippen LogP contribution in [-0.4, -0.2) is 62.5 Å². The first-order valence-electron chi connectivity index (χ1n) is 8.45. The Bertz CT molecular complexity index is 699. The third-order valence-electron chi connectivity index (χ3n) is 4.57. The molecule has 1 aliphatic carbocycles. The summed E-state index contributed by atoms with van der Waals surface area (Å²) < 4.78 is 0. The lowest BCUT2D eigenvalue weighted by Gasteiger charge is -2.21. The summed E-state index contributed by atoms with van der Waals surface area (Å²) in [7, 11) is 0. The monoisotopic (exact) mass is 329 g/mol. The number of H-pyrrole nitrogens is 1. The van der Waals surface area contributed by atoms with E-state index in [9.17, 15) is 5.11 Å². The van der Waals surface area contributed by atoms with Gasteiger partial charge in [0.1, 0.15) is 5.82 Å². The lowest BCUT2D eigenvalue weighted by Crippen LogP contribution is -2.34. The molecule has 0 unspecified atom stereocenters. The van der Waals surface area contributed by atoms with Crippen molar-refractivity contribution in [3.8, 4) is 0 Å². The van der Waals surface area contributed by atoms with Gasteiger partial charge in [-0.2, -0.15) is 10.1 Å². The Kier molecular flexibility index (Phi) is 4.07. The normalized spacial score (nSPS) is 22.5. The highest BCUT2D eigenvalue weighted by Gasteiger charge is 2.27. The number of β-amino-alcohol motifs (C(OH)–C–C–N with tert-alkyl or cyclic N) is 1. The molecular formula is C16H23N7O. The molecule has 0 amide bonds. The Balaban J connectivity index is 1.41. The fourth-order valence-electron chi connectivity index (χ4n) is 3.18. The highest BCUT2D eigenvalue weighted by atomic mass is 16.3. The van der Waals surface area contributed by atoms with Gasteiger partial charge >= 0.3 is 0 Å². The molecule has 8 heteroatoms. The topological polar surface area (TPSA) is 107 Å². The molecule has 8 nitrogen and oxygen atoms in total. The SMILES string of the molecule is Nc1ccnc(N2CCN(Cc3cc(C4CC4)n[nH]3)C[C@H](O)C2)n1. The van der Waals surface area contributed by atoms with Crippen LogP contribution in [0.1, 0.15) is 30.1 Å². The van der Waals surface area contributed by atoms with Crippen molar-refractivity contribution >= 4 is 11.8 Å². The van der Waals surface area contributed by atoms with E-state index in [1.54, 1.807) is 12.3 Å². The third kappa shape index (κ3) is 3.49. The molecule has 4 N–H and O–H groups in total. The molecule has 1 saturated carbocycles. The third-order valence-corrected chi connectivity index (χ3v) is 4.57. The Labute approximate surface area is 140 Å². The van der Waals surface area contributed by atoms with Crippen molar-refractivity contribution < 1.29 is 5.11 Å². The fourth-order valence-corrected chi connectivity index (χ4v) is 3.18. The van der Waals surface area contributed by atoms with E-state index in [2.05, 4.69) is 31.1 Å². The van der Waals surface area contributed by atoms with Crippen molar-refractivity contribution in [1.82, 2.24) is 25.1 Å². The molecule has 2 aromatic rings. The predicted octanol–water partition coefficient (Wildman–Crippen LogP) is 0.342. The minimum Gasteiger partial charge on any atom is -0.390 e. The number of hydrogen-bond acceptors (Lipinski definition) is 7. The summed E-state index contributed by atoms with van der Waals surface area (Å²) in [5.74, 6) is 1.68. The summed E-state index contributed by atoms with van der Waals surface area (Å²) in [6, 6.07) is 3.83. The standard InChI is InChI=1S/C16H23N7O/c17-15-3-4-18-16(19-15)23-6-5-22(9-13(24)10-23)8-12-7-14(21-20-12)11-1-2-11/h3-4,7,11,13,24H,1-2,5-6,8-10H2,(H,20,21)(H2,17,18,19)/t13-/m0/s1. The fraction of sp³-hybridized carbons (Fsp3) is 0.562. The molecule has 2 aliphatic rings. The van der Waals surface area contributed by atoms with Crippen molar-refractivity contribution in [3.63, 3.8) is 0 Å². The molecule has 2 aromatic heterocycles. The Morgan fingerprint density at radius 3 is 2.96 bits per heavy atom. The number of nitrogens with one attached hydrogen (secondary N) is 1. The number of anilines is 2. The van der Waals surface area contributed by atoms with E-state index in [1.165, 1.54) is 18.5 Å². The Morgan fingerprint density at radius 1 is 1.29 bits per heavy atom. The summed E-state index contributed by atoms with van der Waals surface area (Å²) in [6.07, 6.45) is 3.70. The molecule has 0 radical (unpaired) electrons. The second-order valence-electron chi connectivity index (χ2n) is 6.71. The zero-order valence-electron chi connectivity index (χ0n) is 13.6. The quantitative estimate of drug-likeness (QED) is 0.742. The molecule has 0 aromatic carbocycles. The number of aliphatic hydroxyl groups excluding tert-OH is 1. The number of nitrogens with zero attached hydrogens (tertiary/aromatic N) is 5. The lowest BCUT2D eigenvalue weighted by molar-refractivity contribution is 0.128. The smallest absolute Gasteiger partial charge is 0.227 e. The number of aromatic amines is 1. The van der Waals surface area contributed by atoms with Gasteiger partial charge in [-0.25, -0.2) is 4.98 Å². The van der Waals surface area contributed by atoms with Crippen molar-refractivity contribution in [2.45, 2.75) is 31.4 Å². The maximum atomic E-state index is 10.3. The number of hydrogen-bond donors (Lipinski definition) is 3. The largest absolute Gasteiger partial charge is 0.390 e. The first-order chi connectivity index (χ1) is 11.7. The van der Waals surface area contributed by atoms with Crippen molar-refractivity contribution in [2.75, 3.05) is 36.8 Å². The van der Waals surface area contributed by atoms with Crippen LogP contribution >= 0.6 is 0 Å². The Morgan fingerprint density at radius 2 is 2.17 bits per heavy atom. The van der Waals surface area contributed by atoms with Crippen molar-refractivity contribution in [2.24, 2.45) is 0 Å². The maximum Gasteiger partial charge on any atom is 0.227 e. The summed E-state index contributed by atoms with van der Waals surface area (Å²) in [5, 5.41) is 17.9. The van der Waals surface area contributed by atoms with Gasteiger partial charge in [-0.15, -0.1) is 0 Å². The van der Waals surface area contributed by atoms with E-state index in [4.69, 9.17) is 5.73 Å². The zero-order chi connectivity index (χ0) is 16.5. The molecule has 2 fully saturated rings. The van der Waals surface area contributed by atoms with Gasteiger partial charge in [0.15, 0.2) is 0 Å². The van der Waals surface area contributed by atoms with E-state index in [0.717, 1.165) is 25.3 Å². The molecular weight excluding hydrogens is 306 g/mol. The Hall–Kier alpha value is -2.19. The first kappa shape index (κ1) is 15.3. The molecule has 1 saturated heterocycles. The van der Waals surface area contributed by atoms with Gasteiger partial charge in [-0.3, -0.25) is 10.00 Å². The minimum absolute atomic E-state index is 0.445. The van der Waals surface area contributed by atoms with Crippen LogP contribution in [0.4, 0.5) is 11.8 Å². The lowest BCUT2D eigenvalue weighted by atomic mass is 10.2. The molecule has 1 atom stereocenters. The first-order valence-corrected chi connectivity index (χ1v) is 8.45. The van der Waals surface area contributed by atoms with Gasteiger partial charge in [-0.1, -0.05) is 0 Å². The number of aromatic nitrogens is 4. The van der Waals surface area contributed by atoms with Crippen LogP contribution in [0, 0.1) is 0 Å². The maximum absolute atomic E-state index is 10.3. The highest BCUT2D eigenvalue weighted by Crippen LogP contribution is 2.39. The number of rotatable bonds is 4. The minimum atomic E-state index is -0.455. The molecule has 24 heavy (non-hydrogen) atoms. The van der Waals surface area contributed by atoms with Crippen LogP contribution in [0.5, 0.6) is 0 Å². The van der Waals surface area contributed by atoms with Gasteiger partial charge in [0.25, 0.3) is 0 Å². The molecule has 0 spiro atoms. The second kappa shape index (κ2) is 6.37. The summed E-state index contributed by atoms with van der Waals surface area (Å²) >= 11 is 0. The zero-order valence-corrected chi connectivity index (χ0v) is 13.6. The van der Waals surface area contributed by atoms with Crippen LogP contribution < -0.4 is 10.6 Å². The van der Waals surface area contributed by atoms with E-state index < -0.39 is 6.10 Å². The van der Waals surface area contributed by atoms with Gasteiger partial charge in [0, 0.05) is 50.5 Å². The number of aliphatic hydroxyl groups is 1. The van der Waals surface area contributed by atoms with Crippen LogP contribution in [0.3, 0.4) is 0 Å². The average Bonchev–Trinajstić information content (AvgIpc) is 3.33. The van der Waals surface area contributed by atoms with Gasteiger partial charge in [0.2, 0.25) is 5.95 Å². The van der Waals surface area contributed by atoms with Crippen LogP contribution in [0.2, 0.25) is 0 Å². The van der Waals surface area contributed by atoms with E-state index >= 15 is 0 Å². The van der Waals surface area contributed by atoms with Gasteiger partial charge in [0.05, 0.1) is 11.8 Å². The number of nitrogens with two attached hydrogens (primary N) is 1. The second-order valence-corrected chi connectivity index (χ2v) is 6.71. The van der Waals surface area contributed by atoms with Crippen LogP contribution in [0.15, 0.2) is 18.3 Å². The molecule has 0 bridgehead atoms. The van der Waals surface area contributed by atoms with E-state index in [1.807, 2.05) is 4.90 Å². The van der Waals surface area contributed by atoms with Crippen molar-refractivity contribution in [1.29, 1.82) is 0 Å². The predicted molar refractivity (Wildman–Crippen MR) is 90.5 cm³/mol. The van der Waals surface area contributed by atoms with E-state index in [0.29, 0.717) is 30.8 Å². The highest BCUT2D eigenvalue weighted by molar-refractivity contribution is 5.38. The summed E-state index contributed by atoms with van der Waals surface area (Å²) in [6.45, 7) is 3.48. The van der Waals surface area contributed by atoms with Gasteiger partial charge < -0.3 is 15.7 Å². The van der Waals surface area contributed by atoms with Crippen molar-refractivity contribution in [3.05, 3.63) is 29.7 Å². The summed E-state index contributed by atoms with van der Waals surface area (Å²) in [4.78, 5) is 12.8. The molecule has 1 aliphatic heterocycles. The molecule has 4 rings (SSSR count). The summed E-state index contributed by atoms with van der Waals surface area (Å²) in [5.41, 5.74) is 8.02.